The molecule has 17 heavy (non-hydrogen) atoms. The van der Waals surface area contributed by atoms with Crippen molar-refractivity contribution in [1.82, 2.24) is 0 Å². The molecule has 90 valence electrons. The summed E-state index contributed by atoms with van der Waals surface area (Å²) in [7, 11) is 0. The molecule has 2 aromatic rings. The number of aromatic hydroxyl groups is 1. The molecule has 0 aliphatic carbocycles. The van der Waals surface area contributed by atoms with Crippen LogP contribution in [0.1, 0.15) is 0 Å². The van der Waals surface area contributed by atoms with E-state index in [1.165, 1.54) is 12.1 Å². The fourth-order valence-electron chi connectivity index (χ4n) is 1.35. The molecule has 1 aromatic carbocycles. The average molecular weight is 273 g/mol. The molecule has 2 rings (SSSR count). The summed E-state index contributed by atoms with van der Waals surface area (Å²) in [5.41, 5.74) is 7.19. The number of anilines is 1. The van der Waals surface area contributed by atoms with Gasteiger partial charge in [0.25, 0.3) is 0 Å². The van der Waals surface area contributed by atoms with E-state index in [0.29, 0.717) is 16.8 Å². The first-order valence-corrected chi connectivity index (χ1v) is 5.27. The average Bonchev–Trinajstić information content (AvgIpc) is 2.70. The maximum Gasteiger partial charge on any atom is 0.324 e. The van der Waals surface area contributed by atoms with Crippen molar-refractivity contribution in [3.63, 3.8) is 0 Å². The minimum Gasteiger partial charge on any atom is -0.507 e. The topological polar surface area (TPSA) is 89.4 Å². The molecule has 7 heteroatoms. The molecule has 0 amide bonds. The van der Waals surface area contributed by atoms with Crippen LogP contribution in [0.25, 0.3) is 11.1 Å². The highest BCUT2D eigenvalue weighted by Crippen LogP contribution is 2.36. The quantitative estimate of drug-likeness (QED) is 0.380. The van der Waals surface area contributed by atoms with Crippen LogP contribution in [0.2, 0.25) is 0 Å². The highest BCUT2D eigenvalue weighted by Gasteiger charge is 2.13. The smallest absolute Gasteiger partial charge is 0.324 e. The van der Waals surface area contributed by atoms with Gasteiger partial charge in [0.2, 0.25) is 0 Å². The number of halogens is 1. The number of nitrogens with zero attached hydrogens (tertiary/aromatic N) is 1. The number of nitro groups is 1. The number of nitrogens with two attached hydrogens (primary N) is 1. The molecule has 0 bridgehead atoms. The Morgan fingerprint density at radius 2 is 2.06 bits per heavy atom. The maximum absolute atomic E-state index is 10.5. The zero-order chi connectivity index (χ0) is 11.7. The van der Waals surface area contributed by atoms with E-state index in [2.05, 4.69) is 0 Å². The summed E-state index contributed by atoms with van der Waals surface area (Å²) in [5.74, 6) is 0.0573. The van der Waals surface area contributed by atoms with Gasteiger partial charge in [0, 0.05) is 28.3 Å². The molecule has 1 aromatic heterocycles. The molecule has 0 saturated heterocycles. The Balaban J connectivity index is 0.00000144. The Hall–Kier alpha value is -1.79. The van der Waals surface area contributed by atoms with Gasteiger partial charge in [-0.3, -0.25) is 10.1 Å². The van der Waals surface area contributed by atoms with Gasteiger partial charge in [0.05, 0.1) is 4.92 Å². The third kappa shape index (κ3) is 2.66. The number of phenols is 1. The summed E-state index contributed by atoms with van der Waals surface area (Å²) in [6, 6.07) is 6.04. The number of nitrogen functional groups attached to an aromatic ring is 1. The van der Waals surface area contributed by atoms with Crippen LogP contribution in [-0.4, -0.2) is 10.0 Å². The molecule has 0 aliphatic rings. The lowest BCUT2D eigenvalue weighted by molar-refractivity contribution is -0.380. The zero-order valence-corrected chi connectivity index (χ0v) is 10.1. The van der Waals surface area contributed by atoms with Gasteiger partial charge in [0.15, 0.2) is 0 Å². The monoisotopic (exact) mass is 272 g/mol. The van der Waals surface area contributed by atoms with Crippen molar-refractivity contribution >= 4 is 34.4 Å². The summed E-state index contributed by atoms with van der Waals surface area (Å²) >= 11 is 1.02. The molecular weight excluding hydrogens is 264 g/mol. The molecule has 0 atom stereocenters. The van der Waals surface area contributed by atoms with Crippen molar-refractivity contribution in [3.8, 4) is 16.9 Å². The van der Waals surface area contributed by atoms with Crippen molar-refractivity contribution < 1.29 is 10.0 Å². The van der Waals surface area contributed by atoms with Gasteiger partial charge in [-0.05, 0) is 18.2 Å². The molecule has 0 unspecified atom stereocenters. The summed E-state index contributed by atoms with van der Waals surface area (Å²) < 4.78 is 0. The molecule has 0 fully saturated rings. The van der Waals surface area contributed by atoms with Gasteiger partial charge in [-0.2, -0.15) is 0 Å². The van der Waals surface area contributed by atoms with Gasteiger partial charge < -0.3 is 10.8 Å². The van der Waals surface area contributed by atoms with Gasteiger partial charge in [-0.15, -0.1) is 12.4 Å². The summed E-state index contributed by atoms with van der Waals surface area (Å²) in [6.45, 7) is 0. The van der Waals surface area contributed by atoms with Crippen LogP contribution in [-0.2, 0) is 0 Å². The predicted molar refractivity (Wildman–Crippen MR) is 69.7 cm³/mol. The van der Waals surface area contributed by atoms with E-state index in [9.17, 15) is 15.2 Å². The Labute approximate surface area is 107 Å². The van der Waals surface area contributed by atoms with Crippen LogP contribution in [0.4, 0.5) is 10.7 Å². The lowest BCUT2D eigenvalue weighted by Gasteiger charge is -2.02. The number of hydrogen-bond acceptors (Lipinski definition) is 5. The number of phenolic OH excluding ortho intramolecular Hbond substituents is 1. The van der Waals surface area contributed by atoms with E-state index < -0.39 is 4.92 Å². The molecule has 5 nitrogen and oxygen atoms in total. The SMILES string of the molecule is Cl.Nc1ccc(O)c(-c2csc([N+](=O)[O-])c2)c1. The lowest BCUT2D eigenvalue weighted by atomic mass is 10.1. The van der Waals surface area contributed by atoms with Crippen LogP contribution in [0.15, 0.2) is 29.6 Å². The largest absolute Gasteiger partial charge is 0.507 e. The van der Waals surface area contributed by atoms with Gasteiger partial charge >= 0.3 is 5.00 Å². The minimum absolute atomic E-state index is 0. The maximum atomic E-state index is 10.5. The third-order valence-electron chi connectivity index (χ3n) is 2.10. The normalized spacial score (nSPS) is 9.65. The first-order valence-electron chi connectivity index (χ1n) is 4.39. The van der Waals surface area contributed by atoms with Crippen LogP contribution < -0.4 is 5.73 Å². The second-order valence-electron chi connectivity index (χ2n) is 3.21. The number of rotatable bonds is 2. The zero-order valence-electron chi connectivity index (χ0n) is 8.49. The Morgan fingerprint density at radius 3 is 2.65 bits per heavy atom. The van der Waals surface area contributed by atoms with Crippen LogP contribution in [0.5, 0.6) is 5.75 Å². The van der Waals surface area contributed by atoms with E-state index in [1.54, 1.807) is 17.5 Å². The number of thiophene rings is 1. The van der Waals surface area contributed by atoms with E-state index >= 15 is 0 Å². The highest BCUT2D eigenvalue weighted by atomic mass is 35.5. The van der Waals surface area contributed by atoms with Crippen LogP contribution in [0, 0.1) is 10.1 Å². The first kappa shape index (κ1) is 13.3. The van der Waals surface area contributed by atoms with Crippen molar-refractivity contribution in [1.29, 1.82) is 0 Å². The van der Waals surface area contributed by atoms with Gasteiger partial charge in [0.1, 0.15) is 5.75 Å². The van der Waals surface area contributed by atoms with E-state index in [1.807, 2.05) is 0 Å². The van der Waals surface area contributed by atoms with Crippen molar-refractivity contribution in [3.05, 3.63) is 39.8 Å². The Kier molecular flexibility index (Phi) is 3.93. The van der Waals surface area contributed by atoms with E-state index in [0.717, 1.165) is 11.3 Å². The molecular formula is C10H9ClN2O3S. The minimum atomic E-state index is -0.461. The summed E-state index contributed by atoms with van der Waals surface area (Å²) in [5, 5.41) is 21.8. The molecule has 0 aliphatic heterocycles. The van der Waals surface area contributed by atoms with Crippen LogP contribution >= 0.6 is 23.7 Å². The molecule has 0 saturated carbocycles. The molecule has 3 N–H and O–H groups in total. The first-order chi connectivity index (χ1) is 7.58. The highest BCUT2D eigenvalue weighted by molar-refractivity contribution is 7.13. The molecule has 0 radical (unpaired) electrons. The lowest BCUT2D eigenvalue weighted by Crippen LogP contribution is -1.85. The number of hydrogen-bond donors (Lipinski definition) is 2. The Morgan fingerprint density at radius 1 is 1.35 bits per heavy atom. The van der Waals surface area contributed by atoms with Gasteiger partial charge in [-0.1, -0.05) is 11.3 Å². The molecule has 1 heterocycles. The summed E-state index contributed by atoms with van der Waals surface area (Å²) in [6.07, 6.45) is 0. The summed E-state index contributed by atoms with van der Waals surface area (Å²) in [4.78, 5) is 10.1. The Bertz CT molecular complexity index is 556. The van der Waals surface area contributed by atoms with E-state index in [-0.39, 0.29) is 23.2 Å². The fourth-order valence-corrected chi connectivity index (χ4v) is 2.07. The van der Waals surface area contributed by atoms with Gasteiger partial charge in [-0.25, -0.2) is 0 Å². The van der Waals surface area contributed by atoms with E-state index in [4.69, 9.17) is 5.73 Å². The third-order valence-corrected chi connectivity index (χ3v) is 2.98. The fraction of sp³-hybridized carbons (Fsp3) is 0. The second kappa shape index (κ2) is 5.03. The number of benzene rings is 1. The van der Waals surface area contributed by atoms with Crippen LogP contribution in [0.3, 0.4) is 0 Å². The molecule has 0 spiro atoms. The van der Waals surface area contributed by atoms with Crippen molar-refractivity contribution in [2.75, 3.05) is 5.73 Å². The standard InChI is InChI=1S/C10H8N2O3S.ClH/c11-7-1-2-9(13)8(4-7)6-3-10(12(14)15)16-5-6;/h1-5,13H,11H2;1H. The predicted octanol–water partition coefficient (Wildman–Crippen LogP) is 3.03. The van der Waals surface area contributed by atoms with Crippen molar-refractivity contribution in [2.24, 2.45) is 0 Å². The van der Waals surface area contributed by atoms with Crippen molar-refractivity contribution in [2.45, 2.75) is 0 Å². The second-order valence-corrected chi connectivity index (χ2v) is 4.10.